The summed E-state index contributed by atoms with van der Waals surface area (Å²) in [6.07, 6.45) is 0. The summed E-state index contributed by atoms with van der Waals surface area (Å²) < 4.78 is 6.60. The van der Waals surface area contributed by atoms with Gasteiger partial charge in [-0.25, -0.2) is 4.98 Å². The number of thiazole rings is 1. The molecule has 0 saturated heterocycles. The van der Waals surface area contributed by atoms with E-state index in [1.807, 2.05) is 32.0 Å². The lowest BCUT2D eigenvalue weighted by Gasteiger charge is -2.00. The molecule has 13 heavy (non-hydrogen) atoms. The predicted molar refractivity (Wildman–Crippen MR) is 55.5 cm³/mol. The molecule has 2 rings (SSSR count). The van der Waals surface area contributed by atoms with Crippen LogP contribution in [0.1, 0.15) is 11.9 Å². The topological polar surface area (TPSA) is 22.1 Å². The van der Waals surface area contributed by atoms with Crippen LogP contribution in [0.2, 0.25) is 0 Å². The number of hydrogen-bond acceptors (Lipinski definition) is 3. The first-order chi connectivity index (χ1) is 6.29. The van der Waals surface area contributed by atoms with Crippen LogP contribution in [0.5, 0.6) is 5.75 Å². The molecule has 0 N–H and O–H groups in total. The maximum atomic E-state index is 5.40. The van der Waals surface area contributed by atoms with Crippen molar-refractivity contribution in [2.24, 2.45) is 0 Å². The number of aromatic nitrogens is 1. The number of rotatable bonds is 2. The second kappa shape index (κ2) is 3.34. The summed E-state index contributed by atoms with van der Waals surface area (Å²) in [4.78, 5) is 4.38. The highest BCUT2D eigenvalue weighted by atomic mass is 32.1. The first-order valence-corrected chi connectivity index (χ1v) is 5.11. The highest BCUT2D eigenvalue weighted by molar-refractivity contribution is 7.18. The van der Waals surface area contributed by atoms with Gasteiger partial charge in [-0.3, -0.25) is 0 Å². The van der Waals surface area contributed by atoms with Gasteiger partial charge >= 0.3 is 0 Å². The van der Waals surface area contributed by atoms with Crippen molar-refractivity contribution in [3.8, 4) is 5.75 Å². The third-order valence-electron chi connectivity index (χ3n) is 1.78. The summed E-state index contributed by atoms with van der Waals surface area (Å²) in [6, 6.07) is 6.01. The molecule has 0 fully saturated rings. The molecule has 0 bridgehead atoms. The molecular formula is C10H11NOS. The van der Waals surface area contributed by atoms with Crippen molar-refractivity contribution in [3.63, 3.8) is 0 Å². The van der Waals surface area contributed by atoms with Crippen molar-refractivity contribution in [3.05, 3.63) is 23.2 Å². The molecule has 2 aromatic rings. The van der Waals surface area contributed by atoms with Crippen molar-refractivity contribution in [1.29, 1.82) is 0 Å². The third kappa shape index (κ3) is 1.65. The minimum Gasteiger partial charge on any atom is -0.494 e. The van der Waals surface area contributed by atoms with Gasteiger partial charge in [-0.1, -0.05) is 0 Å². The minimum absolute atomic E-state index is 0.712. The van der Waals surface area contributed by atoms with Crippen molar-refractivity contribution in [2.45, 2.75) is 13.8 Å². The summed E-state index contributed by atoms with van der Waals surface area (Å²) in [5.74, 6) is 0.929. The van der Waals surface area contributed by atoms with Crippen LogP contribution in [0.3, 0.4) is 0 Å². The molecule has 68 valence electrons. The monoisotopic (exact) mass is 193 g/mol. The van der Waals surface area contributed by atoms with E-state index in [-0.39, 0.29) is 0 Å². The van der Waals surface area contributed by atoms with Crippen molar-refractivity contribution in [2.75, 3.05) is 6.61 Å². The highest BCUT2D eigenvalue weighted by Crippen LogP contribution is 2.25. The zero-order valence-electron chi connectivity index (χ0n) is 7.70. The van der Waals surface area contributed by atoms with Crippen LogP contribution >= 0.6 is 11.3 Å². The Kier molecular flexibility index (Phi) is 2.19. The lowest BCUT2D eigenvalue weighted by atomic mass is 10.3. The molecule has 0 amide bonds. The van der Waals surface area contributed by atoms with E-state index in [0.29, 0.717) is 6.61 Å². The summed E-state index contributed by atoms with van der Waals surface area (Å²) >= 11 is 1.70. The van der Waals surface area contributed by atoms with Crippen molar-refractivity contribution >= 4 is 21.6 Å². The van der Waals surface area contributed by atoms with Gasteiger partial charge in [0.05, 0.1) is 21.8 Å². The predicted octanol–water partition coefficient (Wildman–Crippen LogP) is 3.00. The maximum absolute atomic E-state index is 5.40. The molecule has 1 aromatic heterocycles. The van der Waals surface area contributed by atoms with Crippen molar-refractivity contribution in [1.82, 2.24) is 4.98 Å². The smallest absolute Gasteiger partial charge is 0.120 e. The molecular weight excluding hydrogens is 182 g/mol. The van der Waals surface area contributed by atoms with Gasteiger partial charge in [-0.05, 0) is 32.0 Å². The Hall–Kier alpha value is -1.09. The van der Waals surface area contributed by atoms with E-state index in [2.05, 4.69) is 4.98 Å². The van der Waals surface area contributed by atoms with Gasteiger partial charge in [-0.15, -0.1) is 11.3 Å². The van der Waals surface area contributed by atoms with Gasteiger partial charge < -0.3 is 4.74 Å². The Labute approximate surface area is 81.2 Å². The van der Waals surface area contributed by atoms with Gasteiger partial charge in [0.1, 0.15) is 5.75 Å². The number of aryl methyl sites for hydroxylation is 1. The Balaban J connectivity index is 2.48. The maximum Gasteiger partial charge on any atom is 0.120 e. The zero-order valence-corrected chi connectivity index (χ0v) is 8.52. The lowest BCUT2D eigenvalue weighted by Crippen LogP contribution is -1.89. The average Bonchev–Trinajstić information content (AvgIpc) is 2.44. The molecule has 3 heteroatoms. The second-order valence-electron chi connectivity index (χ2n) is 2.80. The van der Waals surface area contributed by atoms with E-state index in [0.717, 1.165) is 16.3 Å². The summed E-state index contributed by atoms with van der Waals surface area (Å²) in [6.45, 7) is 4.72. The van der Waals surface area contributed by atoms with Crippen LogP contribution in [0.4, 0.5) is 0 Å². The Bertz CT molecular complexity index is 422. The van der Waals surface area contributed by atoms with Gasteiger partial charge in [0, 0.05) is 0 Å². The molecule has 1 aromatic carbocycles. The zero-order chi connectivity index (χ0) is 9.26. The van der Waals surface area contributed by atoms with Crippen LogP contribution in [-0.4, -0.2) is 11.6 Å². The molecule has 2 nitrogen and oxygen atoms in total. The minimum atomic E-state index is 0.712. The van der Waals surface area contributed by atoms with Crippen molar-refractivity contribution < 1.29 is 4.74 Å². The molecule has 0 atom stereocenters. The molecule has 1 heterocycles. The van der Waals surface area contributed by atoms with Crippen LogP contribution in [-0.2, 0) is 0 Å². The summed E-state index contributed by atoms with van der Waals surface area (Å²) in [5.41, 5.74) is 1.06. The molecule has 0 aliphatic carbocycles. The normalized spacial score (nSPS) is 10.6. The largest absolute Gasteiger partial charge is 0.494 e. The molecule has 0 unspecified atom stereocenters. The Morgan fingerprint density at radius 3 is 3.08 bits per heavy atom. The first kappa shape index (κ1) is 8.51. The fourth-order valence-electron chi connectivity index (χ4n) is 1.28. The Morgan fingerprint density at radius 1 is 1.46 bits per heavy atom. The number of fused-ring (bicyclic) bond motifs is 1. The lowest BCUT2D eigenvalue weighted by molar-refractivity contribution is 0.341. The molecule has 0 aliphatic heterocycles. The van der Waals surface area contributed by atoms with Crippen LogP contribution < -0.4 is 4.74 Å². The summed E-state index contributed by atoms with van der Waals surface area (Å²) in [7, 11) is 0. The fourth-order valence-corrected chi connectivity index (χ4v) is 2.13. The standard InChI is InChI=1S/C10H11NOS/c1-3-12-8-4-5-9-10(6-8)13-7(2)11-9/h4-6H,3H2,1-2H3. The fraction of sp³-hybridized carbons (Fsp3) is 0.300. The van der Waals surface area contributed by atoms with Crippen LogP contribution in [0, 0.1) is 6.92 Å². The third-order valence-corrected chi connectivity index (χ3v) is 2.71. The molecule has 0 radical (unpaired) electrons. The van der Waals surface area contributed by atoms with E-state index in [9.17, 15) is 0 Å². The van der Waals surface area contributed by atoms with Gasteiger partial charge in [0.15, 0.2) is 0 Å². The van der Waals surface area contributed by atoms with E-state index >= 15 is 0 Å². The van der Waals surface area contributed by atoms with E-state index in [1.165, 1.54) is 4.70 Å². The number of benzene rings is 1. The molecule has 0 spiro atoms. The van der Waals surface area contributed by atoms with E-state index in [1.54, 1.807) is 11.3 Å². The van der Waals surface area contributed by atoms with Gasteiger partial charge in [0.2, 0.25) is 0 Å². The first-order valence-electron chi connectivity index (χ1n) is 4.29. The average molecular weight is 193 g/mol. The number of ether oxygens (including phenoxy) is 1. The Morgan fingerprint density at radius 2 is 2.31 bits per heavy atom. The number of hydrogen-bond donors (Lipinski definition) is 0. The van der Waals surface area contributed by atoms with Gasteiger partial charge in [0.25, 0.3) is 0 Å². The van der Waals surface area contributed by atoms with Gasteiger partial charge in [-0.2, -0.15) is 0 Å². The molecule has 0 saturated carbocycles. The quantitative estimate of drug-likeness (QED) is 0.731. The highest BCUT2D eigenvalue weighted by Gasteiger charge is 2.01. The SMILES string of the molecule is CCOc1ccc2nc(C)sc2c1. The van der Waals surface area contributed by atoms with E-state index in [4.69, 9.17) is 4.74 Å². The molecule has 0 aliphatic rings. The second-order valence-corrected chi connectivity index (χ2v) is 4.03. The van der Waals surface area contributed by atoms with Crippen LogP contribution in [0.15, 0.2) is 18.2 Å². The summed E-state index contributed by atoms with van der Waals surface area (Å²) in [5, 5.41) is 1.10. The van der Waals surface area contributed by atoms with Crippen LogP contribution in [0.25, 0.3) is 10.2 Å². The number of nitrogens with zero attached hydrogens (tertiary/aromatic N) is 1. The van der Waals surface area contributed by atoms with E-state index < -0.39 is 0 Å².